The summed E-state index contributed by atoms with van der Waals surface area (Å²) in [5, 5.41) is 19.5. The van der Waals surface area contributed by atoms with E-state index in [4.69, 9.17) is 16.0 Å². The molecule has 0 amide bonds. The molecule has 2 aromatic carbocycles. The lowest BCUT2D eigenvalue weighted by atomic mass is 10.1. The Kier molecular flexibility index (Phi) is 5.83. The number of nitrogens with zero attached hydrogens (tertiary/aromatic N) is 3. The molecule has 32 heavy (non-hydrogen) atoms. The van der Waals surface area contributed by atoms with Crippen LogP contribution in [-0.4, -0.2) is 4.57 Å². The number of nitriles is 2. The van der Waals surface area contributed by atoms with E-state index in [2.05, 4.69) is 0 Å². The van der Waals surface area contributed by atoms with Crippen LogP contribution in [0, 0.1) is 36.5 Å². The van der Waals surface area contributed by atoms with Crippen molar-refractivity contribution in [2.24, 2.45) is 0 Å². The minimum Gasteiger partial charge on any atom is -0.457 e. The smallest absolute Gasteiger partial charge is 0.273 e. The highest BCUT2D eigenvalue weighted by molar-refractivity contribution is 7.07. The van der Waals surface area contributed by atoms with E-state index in [0.29, 0.717) is 26.8 Å². The van der Waals surface area contributed by atoms with Gasteiger partial charge in [-0.15, -0.1) is 11.3 Å². The van der Waals surface area contributed by atoms with Gasteiger partial charge in [0.15, 0.2) is 5.57 Å². The van der Waals surface area contributed by atoms with E-state index < -0.39 is 0 Å². The van der Waals surface area contributed by atoms with Crippen LogP contribution in [0.3, 0.4) is 0 Å². The van der Waals surface area contributed by atoms with Crippen molar-refractivity contribution in [3.05, 3.63) is 96.1 Å². The van der Waals surface area contributed by atoms with Gasteiger partial charge in [0, 0.05) is 11.6 Å². The zero-order valence-electron chi connectivity index (χ0n) is 17.2. The molecule has 2 heterocycles. The third-order valence-corrected chi connectivity index (χ3v) is 6.32. The van der Waals surface area contributed by atoms with Crippen molar-refractivity contribution < 1.29 is 4.42 Å². The Hall–Kier alpha value is -3.84. The first-order chi connectivity index (χ1) is 15.4. The molecule has 7 heteroatoms. The minimum atomic E-state index is -0.323. The summed E-state index contributed by atoms with van der Waals surface area (Å²) in [6, 6.07) is 20.3. The topological polar surface area (TPSA) is 82.7 Å². The number of hydrogen-bond donors (Lipinski definition) is 0. The Morgan fingerprint density at radius 3 is 2.53 bits per heavy atom. The van der Waals surface area contributed by atoms with Crippen molar-refractivity contribution in [1.82, 2.24) is 4.57 Å². The maximum atomic E-state index is 13.3. The van der Waals surface area contributed by atoms with Crippen molar-refractivity contribution in [2.45, 2.75) is 13.8 Å². The van der Waals surface area contributed by atoms with E-state index in [9.17, 15) is 15.3 Å². The summed E-state index contributed by atoms with van der Waals surface area (Å²) in [6.07, 6.45) is 1.61. The van der Waals surface area contributed by atoms with E-state index >= 15 is 0 Å². The van der Waals surface area contributed by atoms with Gasteiger partial charge in [-0.05, 0) is 49.7 Å². The molecule has 0 saturated carbocycles. The van der Waals surface area contributed by atoms with Crippen molar-refractivity contribution >= 4 is 34.6 Å². The Balaban J connectivity index is 1.95. The van der Waals surface area contributed by atoms with Crippen LogP contribution in [0.2, 0.25) is 5.02 Å². The van der Waals surface area contributed by atoms with Crippen LogP contribution in [0.25, 0.3) is 28.7 Å². The molecular formula is C25H16ClN3O2S. The van der Waals surface area contributed by atoms with E-state index in [-0.39, 0.29) is 15.8 Å². The van der Waals surface area contributed by atoms with Gasteiger partial charge in [-0.1, -0.05) is 41.4 Å². The highest BCUT2D eigenvalue weighted by Gasteiger charge is 2.14. The molecule has 0 aliphatic heterocycles. The Labute approximate surface area is 193 Å². The molecule has 0 aliphatic rings. The highest BCUT2D eigenvalue weighted by atomic mass is 35.5. The van der Waals surface area contributed by atoms with Crippen LogP contribution in [0.1, 0.15) is 16.9 Å². The molecule has 0 saturated heterocycles. The maximum Gasteiger partial charge on any atom is 0.273 e. The third kappa shape index (κ3) is 3.90. The maximum absolute atomic E-state index is 13.3. The van der Waals surface area contributed by atoms with E-state index in [1.807, 2.05) is 62.4 Å². The summed E-state index contributed by atoms with van der Waals surface area (Å²) in [6.45, 7) is 3.85. The first kappa shape index (κ1) is 21.4. The first-order valence-electron chi connectivity index (χ1n) is 9.63. The molecule has 0 N–H and O–H groups in total. The monoisotopic (exact) mass is 457 g/mol. The van der Waals surface area contributed by atoms with Crippen LogP contribution in [0.15, 0.2) is 63.8 Å². The van der Waals surface area contributed by atoms with Crippen molar-refractivity contribution in [1.29, 1.82) is 10.5 Å². The number of thiazole rings is 1. The van der Waals surface area contributed by atoms with Crippen molar-refractivity contribution in [3.8, 4) is 29.1 Å². The number of halogens is 1. The van der Waals surface area contributed by atoms with Crippen LogP contribution in [0.5, 0.6) is 0 Å². The molecule has 0 atom stereocenters. The van der Waals surface area contributed by atoms with E-state index in [0.717, 1.165) is 28.0 Å². The van der Waals surface area contributed by atoms with Crippen LogP contribution < -0.4 is 14.8 Å². The predicted octanol–water partition coefficient (Wildman–Crippen LogP) is 4.46. The Morgan fingerprint density at radius 1 is 1.09 bits per heavy atom. The first-order valence-corrected chi connectivity index (χ1v) is 10.8. The molecule has 0 spiro atoms. The highest BCUT2D eigenvalue weighted by Crippen LogP contribution is 2.29. The molecular weight excluding hydrogens is 442 g/mol. The van der Waals surface area contributed by atoms with Gasteiger partial charge in [-0.25, -0.2) is 0 Å². The van der Waals surface area contributed by atoms with Gasteiger partial charge in [-0.2, -0.15) is 10.5 Å². The normalized spacial score (nSPS) is 11.2. The third-order valence-electron chi connectivity index (χ3n) is 4.89. The van der Waals surface area contributed by atoms with Gasteiger partial charge in [0.1, 0.15) is 28.3 Å². The summed E-state index contributed by atoms with van der Waals surface area (Å²) >= 11 is 7.33. The van der Waals surface area contributed by atoms with Crippen molar-refractivity contribution in [2.75, 3.05) is 0 Å². The number of benzene rings is 2. The number of hydrogen-bond acceptors (Lipinski definition) is 5. The average Bonchev–Trinajstić information content (AvgIpc) is 3.35. The zero-order valence-corrected chi connectivity index (χ0v) is 18.8. The van der Waals surface area contributed by atoms with Crippen molar-refractivity contribution in [3.63, 3.8) is 0 Å². The van der Waals surface area contributed by atoms with Crippen LogP contribution in [-0.2, 0) is 0 Å². The van der Waals surface area contributed by atoms with E-state index in [1.165, 1.54) is 4.57 Å². The lowest BCUT2D eigenvalue weighted by Gasteiger charge is -2.07. The average molecular weight is 458 g/mol. The molecule has 4 aromatic rings. The number of furan rings is 1. The fourth-order valence-electron chi connectivity index (χ4n) is 3.41. The molecule has 0 unspecified atom stereocenters. The second-order valence-electron chi connectivity index (χ2n) is 7.13. The number of rotatable bonds is 3. The Bertz CT molecular complexity index is 1590. The summed E-state index contributed by atoms with van der Waals surface area (Å²) in [5.74, 6) is 1.04. The van der Waals surface area contributed by atoms with Gasteiger partial charge in [0.05, 0.1) is 15.2 Å². The molecule has 0 radical (unpaired) electrons. The molecule has 0 bridgehead atoms. The number of aryl methyl sites for hydroxylation is 2. The molecule has 0 aliphatic carbocycles. The van der Waals surface area contributed by atoms with Crippen LogP contribution in [0.4, 0.5) is 0 Å². The second-order valence-corrected chi connectivity index (χ2v) is 8.56. The fourth-order valence-corrected chi connectivity index (χ4v) is 4.67. The SMILES string of the molecule is Cc1ccc(-n2c(=C(C#N)C#N)s/c(=C/c3ccc(-c4ccccc4Cl)o3)c2=O)c(C)c1. The van der Waals surface area contributed by atoms with Gasteiger partial charge in [-0.3, -0.25) is 9.36 Å². The van der Waals surface area contributed by atoms with Gasteiger partial charge in [0.2, 0.25) is 0 Å². The lowest BCUT2D eigenvalue weighted by molar-refractivity contribution is 0.571. The quantitative estimate of drug-likeness (QED) is 0.455. The number of aromatic nitrogens is 1. The molecule has 4 rings (SSSR count). The summed E-state index contributed by atoms with van der Waals surface area (Å²) in [5.41, 5.74) is 2.85. The minimum absolute atomic E-state index is 0.122. The Morgan fingerprint density at radius 2 is 1.84 bits per heavy atom. The van der Waals surface area contributed by atoms with Crippen LogP contribution >= 0.6 is 22.9 Å². The van der Waals surface area contributed by atoms with Gasteiger partial charge < -0.3 is 4.42 Å². The molecule has 0 fully saturated rings. The standard InChI is InChI=1S/C25H16ClN3O2S/c1-15-7-9-21(16(2)11-15)29-24(30)23(32-25(29)17(13-27)14-28)12-18-8-10-22(31-18)19-5-3-4-6-20(19)26/h3-12H,1-2H3/b23-12+. The summed E-state index contributed by atoms with van der Waals surface area (Å²) < 4.78 is 7.96. The molecule has 2 aromatic heterocycles. The van der Waals surface area contributed by atoms with E-state index in [1.54, 1.807) is 24.3 Å². The lowest BCUT2D eigenvalue weighted by Crippen LogP contribution is -2.31. The fraction of sp³-hybridized carbons (Fsp3) is 0.0800. The second kappa shape index (κ2) is 8.72. The summed E-state index contributed by atoms with van der Waals surface area (Å²) in [4.78, 5) is 13.3. The van der Waals surface area contributed by atoms with Gasteiger partial charge in [0.25, 0.3) is 5.56 Å². The molecule has 5 nitrogen and oxygen atoms in total. The largest absolute Gasteiger partial charge is 0.457 e. The predicted molar refractivity (Wildman–Crippen MR) is 126 cm³/mol. The molecule has 156 valence electrons. The zero-order chi connectivity index (χ0) is 22.8. The summed E-state index contributed by atoms with van der Waals surface area (Å²) in [7, 11) is 0. The van der Waals surface area contributed by atoms with Gasteiger partial charge >= 0.3 is 0 Å².